The lowest BCUT2D eigenvalue weighted by Crippen LogP contribution is -2.27. The predicted octanol–water partition coefficient (Wildman–Crippen LogP) is 0.174. The smallest absolute Gasteiger partial charge is 0.133 e. The summed E-state index contributed by atoms with van der Waals surface area (Å²) in [7, 11) is 5.80. The standard InChI is InChI=1S/C9H17N5/c1-10-4-5-14(3)9-6-8(11-2)12-7-13-9/h6-7,10H,4-5H2,1-3H3,(H,11,12,13). The van der Waals surface area contributed by atoms with Crippen molar-refractivity contribution in [3.05, 3.63) is 12.4 Å². The van der Waals surface area contributed by atoms with Crippen molar-refractivity contribution in [1.82, 2.24) is 15.3 Å². The third-order valence-corrected chi connectivity index (χ3v) is 2.00. The molecule has 0 bridgehead atoms. The van der Waals surface area contributed by atoms with E-state index in [1.54, 1.807) is 6.33 Å². The summed E-state index contributed by atoms with van der Waals surface area (Å²) in [6, 6.07) is 1.93. The van der Waals surface area contributed by atoms with Crippen LogP contribution >= 0.6 is 0 Å². The van der Waals surface area contributed by atoms with E-state index in [0.29, 0.717) is 0 Å². The van der Waals surface area contributed by atoms with Gasteiger partial charge in [0.2, 0.25) is 0 Å². The van der Waals surface area contributed by atoms with Crippen molar-refractivity contribution in [1.29, 1.82) is 0 Å². The molecule has 78 valence electrons. The van der Waals surface area contributed by atoms with E-state index in [1.807, 2.05) is 27.2 Å². The average molecular weight is 195 g/mol. The largest absolute Gasteiger partial charge is 0.373 e. The van der Waals surface area contributed by atoms with Gasteiger partial charge in [-0.1, -0.05) is 0 Å². The third-order valence-electron chi connectivity index (χ3n) is 2.00. The molecule has 0 atom stereocenters. The van der Waals surface area contributed by atoms with Crippen molar-refractivity contribution in [2.75, 3.05) is 44.4 Å². The lowest BCUT2D eigenvalue weighted by Gasteiger charge is -2.17. The maximum Gasteiger partial charge on any atom is 0.133 e. The quantitative estimate of drug-likeness (QED) is 0.701. The average Bonchev–Trinajstić information content (AvgIpc) is 2.26. The molecule has 1 aromatic heterocycles. The second-order valence-electron chi connectivity index (χ2n) is 3.04. The highest BCUT2D eigenvalue weighted by Crippen LogP contribution is 2.10. The minimum absolute atomic E-state index is 0.839. The molecule has 0 aliphatic carbocycles. The molecule has 0 aliphatic heterocycles. The van der Waals surface area contributed by atoms with E-state index in [0.717, 1.165) is 24.7 Å². The van der Waals surface area contributed by atoms with Crippen LogP contribution in [0.1, 0.15) is 0 Å². The Morgan fingerprint density at radius 3 is 2.79 bits per heavy atom. The maximum atomic E-state index is 4.19. The molecule has 5 heteroatoms. The fourth-order valence-corrected chi connectivity index (χ4v) is 1.09. The molecule has 0 amide bonds. The second kappa shape index (κ2) is 5.39. The summed E-state index contributed by atoms with van der Waals surface area (Å²) in [5.74, 6) is 1.77. The third kappa shape index (κ3) is 2.85. The number of aromatic nitrogens is 2. The van der Waals surface area contributed by atoms with Gasteiger partial charge in [-0.05, 0) is 7.05 Å². The molecule has 1 heterocycles. The molecular formula is C9H17N5. The van der Waals surface area contributed by atoms with Gasteiger partial charge in [-0.15, -0.1) is 0 Å². The highest BCUT2D eigenvalue weighted by molar-refractivity contribution is 5.47. The fourth-order valence-electron chi connectivity index (χ4n) is 1.09. The van der Waals surface area contributed by atoms with E-state index in [1.165, 1.54) is 0 Å². The molecule has 0 aromatic carbocycles. The van der Waals surface area contributed by atoms with E-state index in [4.69, 9.17) is 0 Å². The second-order valence-corrected chi connectivity index (χ2v) is 3.04. The van der Waals surface area contributed by atoms with E-state index in [-0.39, 0.29) is 0 Å². The van der Waals surface area contributed by atoms with Gasteiger partial charge in [-0.2, -0.15) is 0 Å². The van der Waals surface area contributed by atoms with Crippen LogP contribution in [0.25, 0.3) is 0 Å². The van der Waals surface area contributed by atoms with Crippen LogP contribution in [-0.4, -0.2) is 44.2 Å². The maximum absolute atomic E-state index is 4.19. The summed E-state index contributed by atoms with van der Waals surface area (Å²) < 4.78 is 0. The van der Waals surface area contributed by atoms with Crippen LogP contribution in [0.15, 0.2) is 12.4 Å². The first-order valence-corrected chi connectivity index (χ1v) is 4.63. The van der Waals surface area contributed by atoms with Crippen LogP contribution in [0.3, 0.4) is 0 Å². The molecule has 5 nitrogen and oxygen atoms in total. The Morgan fingerprint density at radius 2 is 2.14 bits per heavy atom. The van der Waals surface area contributed by atoms with Gasteiger partial charge >= 0.3 is 0 Å². The lowest BCUT2D eigenvalue weighted by molar-refractivity contribution is 0.760. The van der Waals surface area contributed by atoms with Gasteiger partial charge in [-0.25, -0.2) is 9.97 Å². The molecule has 0 aliphatic rings. The van der Waals surface area contributed by atoms with Crippen LogP contribution in [0.2, 0.25) is 0 Å². The van der Waals surface area contributed by atoms with Gasteiger partial charge in [0.25, 0.3) is 0 Å². The van der Waals surface area contributed by atoms with Crippen LogP contribution < -0.4 is 15.5 Å². The Balaban J connectivity index is 2.64. The van der Waals surface area contributed by atoms with Crippen molar-refractivity contribution in [3.63, 3.8) is 0 Å². The molecule has 0 saturated heterocycles. The summed E-state index contributed by atoms with van der Waals surface area (Å²) in [4.78, 5) is 10.3. The summed E-state index contributed by atoms with van der Waals surface area (Å²) in [5.41, 5.74) is 0. The molecule has 0 unspecified atom stereocenters. The topological polar surface area (TPSA) is 53.1 Å². The van der Waals surface area contributed by atoms with E-state index in [9.17, 15) is 0 Å². The number of anilines is 2. The first-order valence-electron chi connectivity index (χ1n) is 4.63. The highest BCUT2D eigenvalue weighted by Gasteiger charge is 2.02. The summed E-state index contributed by atoms with van der Waals surface area (Å²) >= 11 is 0. The Kier molecular flexibility index (Phi) is 4.12. The molecular weight excluding hydrogens is 178 g/mol. The SMILES string of the molecule is CNCCN(C)c1cc(NC)ncn1. The molecule has 2 N–H and O–H groups in total. The predicted molar refractivity (Wildman–Crippen MR) is 58.8 cm³/mol. The lowest BCUT2D eigenvalue weighted by atomic mass is 10.4. The zero-order chi connectivity index (χ0) is 10.4. The van der Waals surface area contributed by atoms with Crippen molar-refractivity contribution in [3.8, 4) is 0 Å². The van der Waals surface area contributed by atoms with Gasteiger partial charge in [0.1, 0.15) is 18.0 Å². The number of likely N-dealkylation sites (N-methyl/N-ethyl adjacent to an activating group) is 2. The number of nitrogens with zero attached hydrogens (tertiary/aromatic N) is 3. The molecule has 0 spiro atoms. The zero-order valence-corrected chi connectivity index (χ0v) is 8.91. The van der Waals surface area contributed by atoms with Crippen LogP contribution in [0, 0.1) is 0 Å². The fraction of sp³-hybridized carbons (Fsp3) is 0.556. The molecule has 0 fully saturated rings. The number of rotatable bonds is 5. The van der Waals surface area contributed by atoms with E-state index < -0.39 is 0 Å². The van der Waals surface area contributed by atoms with Gasteiger partial charge in [0.05, 0.1) is 0 Å². The van der Waals surface area contributed by atoms with Crippen molar-refractivity contribution < 1.29 is 0 Å². The van der Waals surface area contributed by atoms with E-state index in [2.05, 4.69) is 25.5 Å². The van der Waals surface area contributed by atoms with Crippen molar-refractivity contribution in [2.24, 2.45) is 0 Å². The molecule has 1 aromatic rings. The summed E-state index contributed by atoms with van der Waals surface area (Å²) in [5, 5.41) is 6.08. The van der Waals surface area contributed by atoms with E-state index >= 15 is 0 Å². The molecule has 0 saturated carbocycles. The first-order chi connectivity index (χ1) is 6.77. The normalized spacial score (nSPS) is 9.93. The Morgan fingerprint density at radius 1 is 1.36 bits per heavy atom. The van der Waals surface area contributed by atoms with Crippen LogP contribution in [-0.2, 0) is 0 Å². The Hall–Kier alpha value is -1.36. The minimum atomic E-state index is 0.839. The number of hydrogen-bond acceptors (Lipinski definition) is 5. The summed E-state index contributed by atoms with van der Waals surface area (Å²) in [6.45, 7) is 1.87. The van der Waals surface area contributed by atoms with Gasteiger partial charge in [0, 0.05) is 33.3 Å². The molecule has 1 rings (SSSR count). The van der Waals surface area contributed by atoms with Crippen molar-refractivity contribution in [2.45, 2.75) is 0 Å². The molecule has 0 radical (unpaired) electrons. The van der Waals surface area contributed by atoms with Crippen LogP contribution in [0.5, 0.6) is 0 Å². The Bertz CT molecular complexity index is 276. The zero-order valence-electron chi connectivity index (χ0n) is 8.91. The van der Waals surface area contributed by atoms with Gasteiger partial charge < -0.3 is 15.5 Å². The van der Waals surface area contributed by atoms with Crippen molar-refractivity contribution >= 4 is 11.6 Å². The monoisotopic (exact) mass is 195 g/mol. The first kappa shape index (κ1) is 10.7. The van der Waals surface area contributed by atoms with Gasteiger partial charge in [0.15, 0.2) is 0 Å². The summed E-state index contributed by atoms with van der Waals surface area (Å²) in [6.07, 6.45) is 1.57. The minimum Gasteiger partial charge on any atom is -0.373 e. The molecule has 14 heavy (non-hydrogen) atoms. The van der Waals surface area contributed by atoms with Crippen LogP contribution in [0.4, 0.5) is 11.6 Å². The Labute approximate surface area is 84.6 Å². The highest BCUT2D eigenvalue weighted by atomic mass is 15.2. The van der Waals surface area contributed by atoms with Gasteiger partial charge in [-0.3, -0.25) is 0 Å². The number of hydrogen-bond donors (Lipinski definition) is 2. The number of nitrogens with one attached hydrogen (secondary N) is 2.